The number of nitrogens with zero attached hydrogens (tertiary/aromatic N) is 2. The molecular formula is C21H17FN4O3S2. The summed E-state index contributed by atoms with van der Waals surface area (Å²) in [6.45, 7) is 0.0435. The molecule has 0 saturated heterocycles. The lowest BCUT2D eigenvalue weighted by atomic mass is 10.1. The molecule has 1 aromatic carbocycles. The highest BCUT2D eigenvalue weighted by Crippen LogP contribution is 2.30. The lowest BCUT2D eigenvalue weighted by Crippen LogP contribution is -2.42. The van der Waals surface area contributed by atoms with E-state index in [0.717, 1.165) is 9.44 Å². The third kappa shape index (κ3) is 4.86. The van der Waals surface area contributed by atoms with Crippen molar-refractivity contribution < 1.29 is 14.0 Å². The highest BCUT2D eigenvalue weighted by atomic mass is 32.1. The van der Waals surface area contributed by atoms with Crippen molar-refractivity contribution in [2.24, 2.45) is 0 Å². The average molecular weight is 457 g/mol. The van der Waals surface area contributed by atoms with Crippen LogP contribution < -0.4 is 16.2 Å². The van der Waals surface area contributed by atoms with Gasteiger partial charge in [-0.05, 0) is 35.6 Å². The average Bonchev–Trinajstić information content (AvgIpc) is 3.41. The number of thiophene rings is 2. The summed E-state index contributed by atoms with van der Waals surface area (Å²) in [5.41, 5.74) is 0.899. The second-order valence-corrected chi connectivity index (χ2v) is 8.54. The number of rotatable bonds is 6. The largest absolute Gasteiger partial charge is 0.337 e. The summed E-state index contributed by atoms with van der Waals surface area (Å²) in [6.07, 6.45) is 1.95. The number of carbonyl (C=O) groups excluding carboxylic acids is 2. The minimum atomic E-state index is -0.629. The van der Waals surface area contributed by atoms with Gasteiger partial charge in [0.15, 0.2) is 0 Å². The van der Waals surface area contributed by atoms with Gasteiger partial charge in [0.05, 0.1) is 11.7 Å². The zero-order valence-electron chi connectivity index (χ0n) is 16.1. The smallest absolute Gasteiger partial charge is 0.321 e. The molecule has 10 heteroatoms. The van der Waals surface area contributed by atoms with Crippen LogP contribution in [0.2, 0.25) is 0 Å². The normalized spacial score (nSPS) is 10.9. The molecule has 7 nitrogen and oxygen atoms in total. The molecule has 0 radical (unpaired) electrons. The van der Waals surface area contributed by atoms with Crippen LogP contribution in [0, 0.1) is 5.82 Å². The number of hydrogen-bond donors (Lipinski definition) is 2. The highest BCUT2D eigenvalue weighted by Gasteiger charge is 2.15. The van der Waals surface area contributed by atoms with Crippen LogP contribution in [0.15, 0.2) is 58.3 Å². The van der Waals surface area contributed by atoms with E-state index in [1.165, 1.54) is 29.8 Å². The summed E-state index contributed by atoms with van der Waals surface area (Å²) in [7, 11) is 0. The summed E-state index contributed by atoms with van der Waals surface area (Å²) in [4.78, 5) is 43.0. The predicted molar refractivity (Wildman–Crippen MR) is 119 cm³/mol. The molecular weight excluding hydrogens is 439 g/mol. The SMILES string of the molecule is O=C(Cn1cnc2scc(-c3ccc(F)cc3)c2c1=O)NC(=O)NCCc1cccs1. The van der Waals surface area contributed by atoms with E-state index in [2.05, 4.69) is 15.6 Å². The van der Waals surface area contributed by atoms with Crippen molar-refractivity contribution in [1.82, 2.24) is 20.2 Å². The second-order valence-electron chi connectivity index (χ2n) is 6.65. The van der Waals surface area contributed by atoms with Crippen LogP contribution in [0.1, 0.15) is 4.88 Å². The molecule has 158 valence electrons. The first kappa shape index (κ1) is 20.9. The molecule has 4 rings (SSSR count). The van der Waals surface area contributed by atoms with E-state index >= 15 is 0 Å². The fourth-order valence-corrected chi connectivity index (χ4v) is 4.66. The number of hydrogen-bond acceptors (Lipinski definition) is 6. The molecule has 0 bridgehead atoms. The first-order chi connectivity index (χ1) is 15.0. The van der Waals surface area contributed by atoms with Crippen LogP contribution in [0.3, 0.4) is 0 Å². The number of halogens is 1. The van der Waals surface area contributed by atoms with Gasteiger partial charge in [-0.15, -0.1) is 22.7 Å². The molecule has 31 heavy (non-hydrogen) atoms. The van der Waals surface area contributed by atoms with E-state index in [1.807, 2.05) is 17.5 Å². The van der Waals surface area contributed by atoms with Gasteiger partial charge in [-0.25, -0.2) is 14.2 Å². The maximum atomic E-state index is 13.2. The van der Waals surface area contributed by atoms with Crippen molar-refractivity contribution in [3.63, 3.8) is 0 Å². The quantitative estimate of drug-likeness (QED) is 0.465. The Morgan fingerprint density at radius 2 is 1.94 bits per heavy atom. The van der Waals surface area contributed by atoms with E-state index in [-0.39, 0.29) is 12.4 Å². The van der Waals surface area contributed by atoms with Gasteiger partial charge in [-0.1, -0.05) is 18.2 Å². The van der Waals surface area contributed by atoms with E-state index in [1.54, 1.807) is 28.8 Å². The zero-order valence-corrected chi connectivity index (χ0v) is 17.8. The van der Waals surface area contributed by atoms with Crippen LogP contribution in [-0.2, 0) is 17.8 Å². The molecule has 0 aliphatic rings. The van der Waals surface area contributed by atoms with Gasteiger partial charge in [0.1, 0.15) is 17.2 Å². The number of amides is 3. The van der Waals surface area contributed by atoms with Crippen LogP contribution in [0.25, 0.3) is 21.3 Å². The minimum absolute atomic E-state index is 0.348. The van der Waals surface area contributed by atoms with Gasteiger partial charge in [0.2, 0.25) is 5.91 Å². The molecule has 3 heterocycles. The number of fused-ring (bicyclic) bond motifs is 1. The Hall–Kier alpha value is -3.37. The molecule has 0 aliphatic carbocycles. The molecule has 4 aromatic rings. The van der Waals surface area contributed by atoms with Gasteiger partial charge in [-0.2, -0.15) is 0 Å². The van der Waals surface area contributed by atoms with Crippen molar-refractivity contribution in [2.75, 3.05) is 6.54 Å². The fraction of sp³-hybridized carbons (Fsp3) is 0.143. The maximum absolute atomic E-state index is 13.2. The lowest BCUT2D eigenvalue weighted by molar-refractivity contribution is -0.120. The monoisotopic (exact) mass is 456 g/mol. The standard InChI is InChI=1S/C21H17FN4O3S2/c22-14-5-3-13(4-6-14)16-11-31-19-18(16)20(28)26(12-24-19)10-17(27)25-21(29)23-8-7-15-2-1-9-30-15/h1-6,9,11-12H,7-8,10H2,(H2,23,25,27,29). The molecule has 0 saturated carbocycles. The van der Waals surface area contributed by atoms with E-state index in [0.29, 0.717) is 34.3 Å². The summed E-state index contributed by atoms with van der Waals surface area (Å²) < 4.78 is 14.4. The first-order valence-electron chi connectivity index (χ1n) is 9.34. The summed E-state index contributed by atoms with van der Waals surface area (Å²) in [5.74, 6) is -1.00. The first-order valence-corrected chi connectivity index (χ1v) is 11.1. The number of urea groups is 1. The Bertz CT molecular complexity index is 1280. The summed E-state index contributed by atoms with van der Waals surface area (Å²) in [6, 6.07) is 9.08. The van der Waals surface area contributed by atoms with Gasteiger partial charge in [0.25, 0.3) is 5.56 Å². The highest BCUT2D eigenvalue weighted by molar-refractivity contribution is 7.17. The zero-order chi connectivity index (χ0) is 21.8. The Morgan fingerprint density at radius 1 is 1.13 bits per heavy atom. The fourth-order valence-electron chi connectivity index (χ4n) is 3.04. The third-order valence-corrected chi connectivity index (χ3v) is 6.34. The van der Waals surface area contributed by atoms with Crippen LogP contribution >= 0.6 is 22.7 Å². The summed E-state index contributed by atoms with van der Waals surface area (Å²) in [5, 5.41) is 8.92. The molecule has 0 spiro atoms. The van der Waals surface area contributed by atoms with Crippen molar-refractivity contribution >= 4 is 44.8 Å². The Morgan fingerprint density at radius 3 is 2.68 bits per heavy atom. The van der Waals surface area contributed by atoms with Crippen molar-refractivity contribution in [3.05, 3.63) is 74.5 Å². The Balaban J connectivity index is 1.44. The number of carbonyl (C=O) groups is 2. The maximum Gasteiger partial charge on any atom is 0.321 e. The van der Waals surface area contributed by atoms with E-state index < -0.39 is 17.5 Å². The summed E-state index contributed by atoms with van der Waals surface area (Å²) >= 11 is 2.88. The van der Waals surface area contributed by atoms with E-state index in [4.69, 9.17) is 0 Å². The predicted octanol–water partition coefficient (Wildman–Crippen LogP) is 3.39. The van der Waals surface area contributed by atoms with Crippen LogP contribution in [0.5, 0.6) is 0 Å². The molecule has 0 atom stereocenters. The molecule has 2 N–H and O–H groups in total. The third-order valence-electron chi connectivity index (χ3n) is 4.52. The van der Waals surface area contributed by atoms with Crippen LogP contribution in [0.4, 0.5) is 9.18 Å². The number of nitrogens with one attached hydrogen (secondary N) is 2. The van der Waals surface area contributed by atoms with E-state index in [9.17, 15) is 18.8 Å². The Labute approximate surface area is 184 Å². The topological polar surface area (TPSA) is 93.1 Å². The van der Waals surface area contributed by atoms with Gasteiger partial charge < -0.3 is 5.32 Å². The number of benzene rings is 1. The molecule has 0 aliphatic heterocycles. The van der Waals surface area contributed by atoms with Gasteiger partial charge in [0, 0.05) is 22.4 Å². The van der Waals surface area contributed by atoms with Gasteiger partial charge in [-0.3, -0.25) is 19.5 Å². The van der Waals surface area contributed by atoms with Gasteiger partial charge >= 0.3 is 6.03 Å². The second kappa shape index (κ2) is 9.19. The van der Waals surface area contributed by atoms with Crippen molar-refractivity contribution in [2.45, 2.75) is 13.0 Å². The minimum Gasteiger partial charge on any atom is -0.337 e. The Kier molecular flexibility index (Phi) is 6.19. The lowest BCUT2D eigenvalue weighted by Gasteiger charge is -2.08. The molecule has 3 amide bonds. The van der Waals surface area contributed by atoms with Crippen molar-refractivity contribution in [3.8, 4) is 11.1 Å². The van der Waals surface area contributed by atoms with Crippen LogP contribution in [-0.4, -0.2) is 28.0 Å². The molecule has 0 unspecified atom stereocenters. The number of aromatic nitrogens is 2. The number of imide groups is 1. The molecule has 3 aromatic heterocycles. The molecule has 0 fully saturated rings. The van der Waals surface area contributed by atoms with Crippen molar-refractivity contribution in [1.29, 1.82) is 0 Å².